The highest BCUT2D eigenvalue weighted by Crippen LogP contribution is 2.25. The maximum atomic E-state index is 12.9. The fourth-order valence-electron chi connectivity index (χ4n) is 4.58. The number of ether oxygens (including phenoxy) is 5. The quantitative estimate of drug-likeness (QED) is 0.0549. The van der Waals surface area contributed by atoms with Crippen molar-refractivity contribution in [1.82, 2.24) is 0 Å². The van der Waals surface area contributed by atoms with Gasteiger partial charge in [0.2, 0.25) is 0 Å². The standard InChI is InChI=1S/C39H38O9/c1-26(2)37(41)46-22-8-6-5-7-21-45-34-18-15-30-24-32(12-11-31(30)25-34)39(43)47-33-16-13-29(14-17-33)38(42)48-35-19-9-28(23-27(35)3)10-20-36(40)44-4/h9-20,23-25H,1,5-8,21-22H2,2-4H3/b20-10+. The summed E-state index contributed by atoms with van der Waals surface area (Å²) in [6.45, 7) is 7.96. The van der Waals surface area contributed by atoms with Crippen molar-refractivity contribution in [2.75, 3.05) is 20.3 Å². The van der Waals surface area contributed by atoms with E-state index in [0.29, 0.717) is 35.7 Å². The summed E-state index contributed by atoms with van der Waals surface area (Å²) in [6.07, 6.45) is 6.50. The first-order valence-electron chi connectivity index (χ1n) is 15.5. The van der Waals surface area contributed by atoms with Gasteiger partial charge in [-0.15, -0.1) is 0 Å². The highest BCUT2D eigenvalue weighted by Gasteiger charge is 2.14. The molecule has 0 amide bonds. The Kier molecular flexibility index (Phi) is 12.7. The van der Waals surface area contributed by atoms with Crippen LogP contribution in [0.25, 0.3) is 16.8 Å². The second-order valence-corrected chi connectivity index (χ2v) is 11.1. The van der Waals surface area contributed by atoms with Gasteiger partial charge in [-0.25, -0.2) is 19.2 Å². The van der Waals surface area contributed by atoms with E-state index in [-0.39, 0.29) is 17.3 Å². The number of carbonyl (C=O) groups is 4. The molecule has 248 valence electrons. The molecule has 0 spiro atoms. The second-order valence-electron chi connectivity index (χ2n) is 11.1. The number of carbonyl (C=O) groups excluding carboxylic acids is 4. The molecule has 0 heterocycles. The van der Waals surface area contributed by atoms with E-state index in [1.165, 1.54) is 37.5 Å². The number of hydrogen-bond acceptors (Lipinski definition) is 9. The Morgan fingerprint density at radius 3 is 2.06 bits per heavy atom. The molecule has 4 aromatic carbocycles. The average molecular weight is 651 g/mol. The first-order valence-corrected chi connectivity index (χ1v) is 15.5. The van der Waals surface area contributed by atoms with Gasteiger partial charge >= 0.3 is 23.9 Å². The Labute approximate surface area is 279 Å². The fraction of sp³-hybridized carbons (Fsp3) is 0.231. The zero-order valence-corrected chi connectivity index (χ0v) is 27.3. The van der Waals surface area contributed by atoms with E-state index in [1.807, 2.05) is 24.3 Å². The summed E-state index contributed by atoms with van der Waals surface area (Å²) in [5.74, 6) is -0.502. The van der Waals surface area contributed by atoms with E-state index < -0.39 is 17.9 Å². The second kappa shape index (κ2) is 17.3. The monoisotopic (exact) mass is 650 g/mol. The highest BCUT2D eigenvalue weighted by atomic mass is 16.5. The van der Waals surface area contributed by atoms with Gasteiger partial charge in [0.05, 0.1) is 31.5 Å². The summed E-state index contributed by atoms with van der Waals surface area (Å²) in [7, 11) is 1.30. The first kappa shape index (κ1) is 35.2. The summed E-state index contributed by atoms with van der Waals surface area (Å²) >= 11 is 0. The minimum absolute atomic E-state index is 0.284. The maximum Gasteiger partial charge on any atom is 0.343 e. The molecule has 0 N–H and O–H groups in total. The zero-order valence-electron chi connectivity index (χ0n) is 27.3. The van der Waals surface area contributed by atoms with Gasteiger partial charge in [0, 0.05) is 11.6 Å². The molecule has 0 aliphatic carbocycles. The van der Waals surface area contributed by atoms with Crippen LogP contribution in [0, 0.1) is 6.92 Å². The lowest BCUT2D eigenvalue weighted by Crippen LogP contribution is -2.10. The Balaban J connectivity index is 1.24. The predicted molar refractivity (Wildman–Crippen MR) is 182 cm³/mol. The first-order chi connectivity index (χ1) is 23.1. The van der Waals surface area contributed by atoms with E-state index in [1.54, 1.807) is 50.3 Å². The lowest BCUT2D eigenvalue weighted by molar-refractivity contribution is -0.139. The van der Waals surface area contributed by atoms with Crippen LogP contribution in [0.2, 0.25) is 0 Å². The third-order valence-electron chi connectivity index (χ3n) is 7.25. The van der Waals surface area contributed by atoms with E-state index in [4.69, 9.17) is 18.9 Å². The SMILES string of the molecule is C=C(C)C(=O)OCCCCCCOc1ccc2cc(C(=O)Oc3ccc(C(=O)Oc4ccc(/C=C/C(=O)OC)cc4C)cc3)ccc2c1. The molecule has 0 unspecified atom stereocenters. The van der Waals surface area contributed by atoms with Crippen molar-refractivity contribution in [1.29, 1.82) is 0 Å². The summed E-state index contributed by atoms with van der Waals surface area (Å²) in [5.41, 5.74) is 2.54. The number of rotatable bonds is 15. The van der Waals surface area contributed by atoms with Crippen LogP contribution >= 0.6 is 0 Å². The number of fused-ring (bicyclic) bond motifs is 1. The molecular weight excluding hydrogens is 612 g/mol. The molecule has 0 aromatic heterocycles. The van der Waals surface area contributed by atoms with Crippen LogP contribution in [0.5, 0.6) is 17.2 Å². The smallest absolute Gasteiger partial charge is 0.343 e. The Morgan fingerprint density at radius 2 is 1.35 bits per heavy atom. The van der Waals surface area contributed by atoms with Crippen molar-refractivity contribution in [3.8, 4) is 17.2 Å². The molecule has 9 nitrogen and oxygen atoms in total. The van der Waals surface area contributed by atoms with Crippen LogP contribution in [0.1, 0.15) is 64.4 Å². The van der Waals surface area contributed by atoms with Crippen molar-refractivity contribution in [2.24, 2.45) is 0 Å². The molecule has 48 heavy (non-hydrogen) atoms. The Morgan fingerprint density at radius 1 is 0.708 bits per heavy atom. The number of hydrogen-bond donors (Lipinski definition) is 0. The molecular formula is C39H38O9. The lowest BCUT2D eigenvalue weighted by Gasteiger charge is -2.10. The van der Waals surface area contributed by atoms with Crippen LogP contribution in [0.15, 0.2) is 97.1 Å². The summed E-state index contributed by atoms with van der Waals surface area (Å²) in [5, 5.41) is 1.79. The van der Waals surface area contributed by atoms with E-state index in [9.17, 15) is 19.2 Å². The van der Waals surface area contributed by atoms with Crippen molar-refractivity contribution >= 4 is 40.7 Å². The van der Waals surface area contributed by atoms with Gasteiger partial charge in [-0.1, -0.05) is 24.8 Å². The number of unbranched alkanes of at least 4 members (excludes halogenated alkanes) is 3. The highest BCUT2D eigenvalue weighted by molar-refractivity contribution is 5.97. The molecule has 0 aliphatic heterocycles. The molecule has 0 fully saturated rings. The molecule has 0 saturated carbocycles. The molecule has 4 rings (SSSR count). The van der Waals surface area contributed by atoms with Gasteiger partial charge < -0.3 is 23.7 Å². The van der Waals surface area contributed by atoms with Crippen LogP contribution < -0.4 is 14.2 Å². The molecule has 4 aromatic rings. The van der Waals surface area contributed by atoms with Crippen molar-refractivity contribution in [3.63, 3.8) is 0 Å². The third-order valence-corrected chi connectivity index (χ3v) is 7.25. The number of methoxy groups -OCH3 is 1. The number of esters is 4. The van der Waals surface area contributed by atoms with Gasteiger partial charge in [-0.05, 0) is 128 Å². The molecule has 0 bridgehead atoms. The molecule has 9 heteroatoms. The van der Waals surface area contributed by atoms with Crippen LogP contribution in [-0.2, 0) is 19.1 Å². The maximum absolute atomic E-state index is 12.9. The largest absolute Gasteiger partial charge is 0.494 e. The molecule has 0 radical (unpaired) electrons. The van der Waals surface area contributed by atoms with Crippen LogP contribution in [0.3, 0.4) is 0 Å². The fourth-order valence-corrected chi connectivity index (χ4v) is 4.58. The topological polar surface area (TPSA) is 114 Å². The van der Waals surface area contributed by atoms with Crippen molar-refractivity contribution < 1.29 is 42.9 Å². The van der Waals surface area contributed by atoms with E-state index in [0.717, 1.165) is 47.8 Å². The van der Waals surface area contributed by atoms with Gasteiger partial charge in [0.1, 0.15) is 17.2 Å². The summed E-state index contributed by atoms with van der Waals surface area (Å²) < 4.78 is 26.7. The van der Waals surface area contributed by atoms with Crippen molar-refractivity contribution in [3.05, 3.63) is 119 Å². The van der Waals surface area contributed by atoms with Gasteiger partial charge in [0.15, 0.2) is 0 Å². The minimum Gasteiger partial charge on any atom is -0.494 e. The summed E-state index contributed by atoms with van der Waals surface area (Å²) in [4.78, 5) is 48.3. The zero-order chi connectivity index (χ0) is 34.5. The van der Waals surface area contributed by atoms with Gasteiger partial charge in [0.25, 0.3) is 0 Å². The van der Waals surface area contributed by atoms with Crippen molar-refractivity contribution in [2.45, 2.75) is 39.5 Å². The average Bonchev–Trinajstić information content (AvgIpc) is 3.09. The normalized spacial score (nSPS) is 10.8. The Bertz CT molecular complexity index is 1820. The Hall–Kier alpha value is -5.70. The van der Waals surface area contributed by atoms with Crippen LogP contribution in [0.4, 0.5) is 0 Å². The summed E-state index contributed by atoms with van der Waals surface area (Å²) in [6, 6.07) is 22.2. The number of benzene rings is 4. The van der Waals surface area contributed by atoms with Gasteiger partial charge in [-0.3, -0.25) is 0 Å². The van der Waals surface area contributed by atoms with Crippen LogP contribution in [-0.4, -0.2) is 44.2 Å². The lowest BCUT2D eigenvalue weighted by atomic mass is 10.1. The van der Waals surface area contributed by atoms with Gasteiger partial charge in [-0.2, -0.15) is 0 Å². The molecule has 0 atom stereocenters. The minimum atomic E-state index is -0.564. The van der Waals surface area contributed by atoms with E-state index >= 15 is 0 Å². The third kappa shape index (κ3) is 10.4. The molecule has 0 aliphatic rings. The van der Waals surface area contributed by atoms with E-state index in [2.05, 4.69) is 11.3 Å². The predicted octanol–water partition coefficient (Wildman–Crippen LogP) is 7.83. The molecule has 0 saturated heterocycles. The number of aryl methyl sites for hydroxylation is 1.